The third-order valence-electron chi connectivity index (χ3n) is 14.4. The molecule has 0 amide bonds. The first-order chi connectivity index (χ1) is 44.0. The molecule has 0 unspecified atom stereocenters. The van der Waals surface area contributed by atoms with Gasteiger partial charge in [0.05, 0.1) is 50.3 Å². The zero-order chi connectivity index (χ0) is 68.5. The summed E-state index contributed by atoms with van der Waals surface area (Å²) in [5, 5.41) is 101. The summed E-state index contributed by atoms with van der Waals surface area (Å²) in [6, 6.07) is 14.5. The molecule has 93 heavy (non-hydrogen) atoms. The summed E-state index contributed by atoms with van der Waals surface area (Å²) in [5.41, 5.74) is -0.149. The van der Waals surface area contributed by atoms with Crippen LogP contribution >= 0.6 is 0 Å². The zero-order valence-electron chi connectivity index (χ0n) is 51.7. The molecular formula is C59H80O34. The van der Waals surface area contributed by atoms with Gasteiger partial charge in [0.25, 0.3) is 0 Å². The van der Waals surface area contributed by atoms with Crippen LogP contribution in [0.15, 0.2) is 60.7 Å². The molecule has 4 aliphatic heterocycles. The van der Waals surface area contributed by atoms with E-state index in [4.69, 9.17) is 80.5 Å². The minimum absolute atomic E-state index is 0.0643. The van der Waals surface area contributed by atoms with Gasteiger partial charge in [0.1, 0.15) is 86.0 Å². The Bertz CT molecular complexity index is 2760. The third kappa shape index (κ3) is 21.0. The molecule has 4 fully saturated rings. The molecule has 34 nitrogen and oxygen atoms in total. The number of hydrogen-bond acceptors (Lipinski definition) is 34. The highest BCUT2D eigenvalue weighted by atomic mass is 16.8. The molecular weight excluding hydrogens is 1250 g/mol. The monoisotopic (exact) mass is 1330 g/mol. The number of carbonyl (C=O) groups is 8. The van der Waals surface area contributed by atoms with Gasteiger partial charge in [-0.25, -0.2) is 9.59 Å². The van der Waals surface area contributed by atoms with Crippen LogP contribution in [0.4, 0.5) is 0 Å². The Labute approximate surface area is 531 Å². The average molecular weight is 1330 g/mol. The van der Waals surface area contributed by atoms with Crippen LogP contribution in [0.3, 0.4) is 0 Å². The van der Waals surface area contributed by atoms with Crippen LogP contribution in [0.25, 0.3) is 0 Å². The molecule has 4 aliphatic rings. The highest BCUT2D eigenvalue weighted by Crippen LogP contribution is 2.33. The molecule has 0 bridgehead atoms. The highest BCUT2D eigenvalue weighted by Gasteiger charge is 2.55. The van der Waals surface area contributed by atoms with E-state index < -0.39 is 241 Å². The number of ether oxygens (including phenoxy) is 17. The number of carbonyl (C=O) groups excluding carboxylic acids is 8. The highest BCUT2D eigenvalue weighted by molar-refractivity contribution is 5.90. The molecule has 9 N–H and O–H groups in total. The maximum atomic E-state index is 14.1. The first-order valence-electron chi connectivity index (χ1n) is 29.3. The number of esters is 8. The lowest BCUT2D eigenvalue weighted by atomic mass is 9.97. The van der Waals surface area contributed by atoms with Crippen molar-refractivity contribution in [2.45, 2.75) is 209 Å². The van der Waals surface area contributed by atoms with E-state index in [-0.39, 0.29) is 11.1 Å². The van der Waals surface area contributed by atoms with Gasteiger partial charge in [0, 0.05) is 41.5 Å². The second-order valence-corrected chi connectivity index (χ2v) is 22.1. The molecule has 4 heterocycles. The van der Waals surface area contributed by atoms with E-state index >= 15 is 0 Å². The Morgan fingerprint density at radius 1 is 0.419 bits per heavy atom. The van der Waals surface area contributed by atoms with Crippen LogP contribution in [-0.4, -0.2) is 287 Å². The van der Waals surface area contributed by atoms with E-state index in [1.165, 1.54) is 62.4 Å². The molecule has 34 heteroatoms. The summed E-state index contributed by atoms with van der Waals surface area (Å²) < 4.78 is 96.9. The van der Waals surface area contributed by atoms with Gasteiger partial charge in [-0.15, -0.1) is 0 Å². The van der Waals surface area contributed by atoms with Gasteiger partial charge in [-0.05, 0) is 38.1 Å². The maximum Gasteiger partial charge on any atom is 0.338 e. The van der Waals surface area contributed by atoms with Crippen molar-refractivity contribution in [3.63, 3.8) is 0 Å². The number of benzene rings is 2. The van der Waals surface area contributed by atoms with Crippen LogP contribution in [-0.2, 0) is 109 Å². The standard InChI is InChI=1S/C59H80O34/c1-25(2)82-48(37(89-55(76)33-17-13-10-14-18-33)23-81-59-53(87-31(8)66)44(71)41(68)35(91-59)20-80-58-52(86-30(7)65)43(70)40(67)34(19-60)90-58)42(69)36(88-54(75)32-15-11-9-12-16-32)21-78-56-46(73)45(72)49(83-27(4)62)38(92-56)24-79-57-47(74)51(85-29(6)64)50(84-28(5)63)39(93-57)22-77-26(3)61/h9-18,25,34-53,56-60,67-74H,19-24H2,1-8H3/t34-,35-,36-,37-,38-,39-,40-,41-,42-,43+,44+,45-,46-,47-,48-,49-,50-,51-,52-,53-,56-,57-,58-,59-/m1/s1. The first kappa shape index (κ1) is 75.5. The first-order valence-corrected chi connectivity index (χ1v) is 29.3. The SMILES string of the molecule is CC(=O)OC[C@H]1O[C@@H](OC[C@H]2O[C@@H](OC[C@@H](OC(=O)c3ccccc3)[C@@H](O)[C@H](OC(C)C)[C@@H](CO[C@@H]3O[C@H](CO[C@@H]4O[C@H](CO)[C@@H](O)[C@H](O)[C@H]4OC(C)=O)[C@@H](O)[C@H](O)[C@H]3OC(C)=O)OC(=O)c3ccccc3)[C@H](O)[C@@H](O)[C@@H]2OC(C)=O)[C@H](O)[C@@H](OC(C)=O)[C@@H]1OC(C)=O. The maximum absolute atomic E-state index is 14.1. The van der Waals surface area contributed by atoms with Crippen LogP contribution in [0, 0.1) is 0 Å². The van der Waals surface area contributed by atoms with E-state index in [0.717, 1.165) is 41.5 Å². The van der Waals surface area contributed by atoms with Gasteiger partial charge in [0.2, 0.25) is 0 Å². The quantitative estimate of drug-likeness (QED) is 0.0280. The van der Waals surface area contributed by atoms with Crippen molar-refractivity contribution in [2.75, 3.05) is 39.6 Å². The van der Waals surface area contributed by atoms with Gasteiger partial charge in [-0.2, -0.15) is 0 Å². The van der Waals surface area contributed by atoms with E-state index in [0.29, 0.717) is 0 Å². The van der Waals surface area contributed by atoms with Crippen LogP contribution in [0.2, 0.25) is 0 Å². The number of aliphatic hydroxyl groups excluding tert-OH is 9. The largest absolute Gasteiger partial charge is 0.463 e. The summed E-state index contributed by atoms with van der Waals surface area (Å²) in [6.45, 7) is 3.81. The number of aliphatic hydroxyl groups is 9. The number of hydrogen-bond donors (Lipinski definition) is 9. The van der Waals surface area contributed by atoms with E-state index in [1.807, 2.05) is 0 Å². The fourth-order valence-electron chi connectivity index (χ4n) is 10.2. The zero-order valence-corrected chi connectivity index (χ0v) is 51.7. The molecule has 0 radical (unpaired) electrons. The number of rotatable bonds is 29. The Balaban J connectivity index is 1.32. The van der Waals surface area contributed by atoms with Crippen molar-refractivity contribution < 1.29 is 165 Å². The molecule has 0 aliphatic carbocycles. The van der Waals surface area contributed by atoms with Gasteiger partial charge >= 0.3 is 47.8 Å². The smallest absolute Gasteiger partial charge is 0.338 e. The molecule has 2 aromatic carbocycles. The van der Waals surface area contributed by atoms with E-state index in [1.54, 1.807) is 12.1 Å². The molecule has 2 aromatic rings. The average Bonchev–Trinajstić information content (AvgIpc) is 0.848. The van der Waals surface area contributed by atoms with Gasteiger partial charge in [0.15, 0.2) is 67.9 Å². The molecule has 6 rings (SSSR count). The topological polar surface area (TPSA) is 476 Å². The molecule has 0 saturated carbocycles. The van der Waals surface area contributed by atoms with Crippen molar-refractivity contribution in [1.82, 2.24) is 0 Å². The second-order valence-electron chi connectivity index (χ2n) is 22.1. The van der Waals surface area contributed by atoms with E-state index in [9.17, 15) is 84.3 Å². The Kier molecular flexibility index (Phi) is 28.7. The lowest BCUT2D eigenvalue weighted by Crippen LogP contribution is -2.63. The van der Waals surface area contributed by atoms with Crippen LogP contribution in [0.1, 0.15) is 76.1 Å². The summed E-state index contributed by atoms with van der Waals surface area (Å²) in [7, 11) is 0. The van der Waals surface area contributed by atoms with Crippen molar-refractivity contribution >= 4 is 47.8 Å². The lowest BCUT2D eigenvalue weighted by Gasteiger charge is -2.45. The van der Waals surface area contributed by atoms with Gasteiger partial charge in [-0.3, -0.25) is 28.8 Å². The van der Waals surface area contributed by atoms with Crippen molar-refractivity contribution in [3.8, 4) is 0 Å². The third-order valence-corrected chi connectivity index (χ3v) is 14.4. The van der Waals surface area contributed by atoms with Gasteiger partial charge in [-0.1, -0.05) is 36.4 Å². The molecule has 0 aromatic heterocycles. The Morgan fingerprint density at radius 3 is 1.31 bits per heavy atom. The molecule has 4 saturated heterocycles. The molecule has 520 valence electrons. The van der Waals surface area contributed by atoms with Crippen LogP contribution in [0.5, 0.6) is 0 Å². The predicted octanol–water partition coefficient (Wildman–Crippen LogP) is -3.70. The summed E-state index contributed by atoms with van der Waals surface area (Å²) >= 11 is 0. The fourth-order valence-corrected chi connectivity index (χ4v) is 10.2. The van der Waals surface area contributed by atoms with Crippen molar-refractivity contribution in [2.24, 2.45) is 0 Å². The van der Waals surface area contributed by atoms with Crippen LogP contribution < -0.4 is 0 Å². The Morgan fingerprint density at radius 2 is 0.806 bits per heavy atom. The van der Waals surface area contributed by atoms with Crippen molar-refractivity contribution in [1.29, 1.82) is 0 Å². The second kappa shape index (κ2) is 35.3. The Hall–Kier alpha value is -6.52. The summed E-state index contributed by atoms with van der Waals surface area (Å²) in [5.74, 6) is -7.84. The summed E-state index contributed by atoms with van der Waals surface area (Å²) in [6.07, 6.45) is -45.6. The lowest BCUT2D eigenvalue weighted by molar-refractivity contribution is -0.336. The normalized spacial score (nSPS) is 32.5. The minimum Gasteiger partial charge on any atom is -0.463 e. The van der Waals surface area contributed by atoms with Crippen molar-refractivity contribution in [3.05, 3.63) is 71.8 Å². The van der Waals surface area contributed by atoms with E-state index in [2.05, 4.69) is 0 Å². The molecule has 24 atom stereocenters. The fraction of sp³-hybridized carbons (Fsp3) is 0.661. The van der Waals surface area contributed by atoms with Gasteiger partial charge < -0.3 is 126 Å². The predicted molar refractivity (Wildman–Crippen MR) is 299 cm³/mol. The molecule has 0 spiro atoms. The minimum atomic E-state index is -2.23. The summed E-state index contributed by atoms with van der Waals surface area (Å²) in [4.78, 5) is 101.